The van der Waals surface area contributed by atoms with E-state index < -0.39 is 16.9 Å². The lowest BCUT2D eigenvalue weighted by Gasteiger charge is -2.09. The zero-order chi connectivity index (χ0) is 14.5. The average Bonchev–Trinajstić information content (AvgIpc) is 2.98. The zero-order valence-corrected chi connectivity index (χ0v) is 10.4. The Bertz CT molecular complexity index is 609. The van der Waals surface area contributed by atoms with Crippen molar-refractivity contribution in [3.05, 3.63) is 64.1 Å². The van der Waals surface area contributed by atoms with Crippen LogP contribution in [0, 0.1) is 10.1 Å². The molecule has 2 rings (SSSR count). The molecular weight excluding hydrogens is 264 g/mol. The molecule has 0 aliphatic carbocycles. The minimum Gasteiger partial charge on any atom is -0.467 e. The van der Waals surface area contributed by atoms with Crippen LogP contribution >= 0.6 is 0 Å². The maximum Gasteiger partial charge on any atom is 0.270 e. The van der Waals surface area contributed by atoms with Gasteiger partial charge in [0.1, 0.15) is 11.9 Å². The van der Waals surface area contributed by atoms with Crippen LogP contribution in [0.1, 0.15) is 22.2 Å². The lowest BCUT2D eigenvalue weighted by Crippen LogP contribution is -2.28. The van der Waals surface area contributed by atoms with Gasteiger partial charge in [-0.15, -0.1) is 0 Å². The van der Waals surface area contributed by atoms with Crippen molar-refractivity contribution in [2.24, 2.45) is 0 Å². The summed E-state index contributed by atoms with van der Waals surface area (Å²) in [4.78, 5) is 21.9. The fourth-order valence-corrected chi connectivity index (χ4v) is 1.63. The third kappa shape index (κ3) is 3.21. The molecular formula is C13H12N2O5. The van der Waals surface area contributed by atoms with Gasteiger partial charge in [-0.05, 0) is 18.2 Å². The van der Waals surface area contributed by atoms with E-state index in [-0.39, 0.29) is 17.8 Å². The maximum absolute atomic E-state index is 11.8. The maximum atomic E-state index is 11.8. The van der Waals surface area contributed by atoms with Gasteiger partial charge in [-0.3, -0.25) is 14.9 Å². The molecule has 20 heavy (non-hydrogen) atoms. The number of nitrogens with zero attached hydrogens (tertiary/aromatic N) is 1. The SMILES string of the molecule is O=C(NCC(O)c1ccco1)c1cccc([N+](=O)[O-])c1. The Morgan fingerprint density at radius 1 is 1.40 bits per heavy atom. The topological polar surface area (TPSA) is 106 Å². The fourth-order valence-electron chi connectivity index (χ4n) is 1.63. The lowest BCUT2D eigenvalue weighted by molar-refractivity contribution is -0.384. The van der Waals surface area contributed by atoms with E-state index in [0.717, 1.165) is 0 Å². The number of hydrogen-bond donors (Lipinski definition) is 2. The summed E-state index contributed by atoms with van der Waals surface area (Å²) in [5.74, 6) is -0.163. The molecule has 1 atom stereocenters. The lowest BCUT2D eigenvalue weighted by atomic mass is 10.2. The molecule has 1 heterocycles. The van der Waals surface area contributed by atoms with Gasteiger partial charge in [0.25, 0.3) is 11.6 Å². The van der Waals surface area contributed by atoms with Gasteiger partial charge in [0.05, 0.1) is 17.7 Å². The van der Waals surface area contributed by atoms with Crippen molar-refractivity contribution in [2.75, 3.05) is 6.54 Å². The highest BCUT2D eigenvalue weighted by Gasteiger charge is 2.14. The number of nitrogens with one attached hydrogen (secondary N) is 1. The molecule has 1 aromatic carbocycles. The Morgan fingerprint density at radius 2 is 2.20 bits per heavy atom. The molecule has 7 nitrogen and oxygen atoms in total. The Kier molecular flexibility index (Phi) is 4.11. The number of furan rings is 1. The number of non-ortho nitro benzene ring substituents is 1. The first-order valence-corrected chi connectivity index (χ1v) is 5.82. The molecule has 2 aromatic rings. The number of aliphatic hydroxyl groups excluding tert-OH is 1. The van der Waals surface area contributed by atoms with Gasteiger partial charge >= 0.3 is 0 Å². The second-order valence-corrected chi connectivity index (χ2v) is 4.05. The minimum atomic E-state index is -0.965. The van der Waals surface area contributed by atoms with Crippen LogP contribution in [-0.4, -0.2) is 22.5 Å². The van der Waals surface area contributed by atoms with Crippen LogP contribution in [0.25, 0.3) is 0 Å². The highest BCUT2D eigenvalue weighted by Crippen LogP contribution is 2.14. The molecule has 2 N–H and O–H groups in total. The molecule has 0 fully saturated rings. The second-order valence-electron chi connectivity index (χ2n) is 4.05. The average molecular weight is 276 g/mol. The summed E-state index contributed by atoms with van der Waals surface area (Å²) in [6.45, 7) is -0.0466. The number of carbonyl (C=O) groups is 1. The molecule has 0 spiro atoms. The summed E-state index contributed by atoms with van der Waals surface area (Å²) >= 11 is 0. The standard InChI is InChI=1S/C13H12N2O5/c16-11(12-5-2-6-20-12)8-14-13(17)9-3-1-4-10(7-9)15(18)19/h1-7,11,16H,8H2,(H,14,17). The van der Waals surface area contributed by atoms with Gasteiger partial charge in [0.2, 0.25) is 0 Å². The molecule has 1 aromatic heterocycles. The zero-order valence-electron chi connectivity index (χ0n) is 10.4. The van der Waals surface area contributed by atoms with Crippen LogP contribution in [0.3, 0.4) is 0 Å². The summed E-state index contributed by atoms with van der Waals surface area (Å²) in [6, 6.07) is 8.58. The number of amides is 1. The summed E-state index contributed by atoms with van der Waals surface area (Å²) in [5.41, 5.74) is -0.00456. The molecule has 7 heteroatoms. The smallest absolute Gasteiger partial charge is 0.270 e. The number of aliphatic hydroxyl groups is 1. The number of hydrogen-bond acceptors (Lipinski definition) is 5. The van der Waals surface area contributed by atoms with Crippen LogP contribution in [-0.2, 0) is 0 Å². The van der Waals surface area contributed by atoms with Gasteiger partial charge in [-0.1, -0.05) is 6.07 Å². The summed E-state index contributed by atoms with van der Waals surface area (Å²) in [7, 11) is 0. The van der Waals surface area contributed by atoms with E-state index in [4.69, 9.17) is 4.42 Å². The summed E-state index contributed by atoms with van der Waals surface area (Å²) in [5, 5.41) is 22.8. The van der Waals surface area contributed by atoms with Crippen LogP contribution in [0.5, 0.6) is 0 Å². The first-order valence-electron chi connectivity index (χ1n) is 5.82. The predicted molar refractivity (Wildman–Crippen MR) is 69.1 cm³/mol. The Morgan fingerprint density at radius 3 is 2.85 bits per heavy atom. The molecule has 1 amide bonds. The van der Waals surface area contributed by atoms with E-state index >= 15 is 0 Å². The van der Waals surface area contributed by atoms with Crippen LogP contribution in [0.4, 0.5) is 5.69 Å². The largest absolute Gasteiger partial charge is 0.467 e. The van der Waals surface area contributed by atoms with Crippen molar-refractivity contribution in [1.29, 1.82) is 0 Å². The fraction of sp³-hybridized carbons (Fsp3) is 0.154. The molecule has 0 bridgehead atoms. The van der Waals surface area contributed by atoms with Crippen molar-refractivity contribution in [1.82, 2.24) is 5.32 Å². The Hall–Kier alpha value is -2.67. The number of nitro benzene ring substituents is 1. The van der Waals surface area contributed by atoms with Gasteiger partial charge in [-0.2, -0.15) is 0 Å². The first-order chi connectivity index (χ1) is 9.58. The second kappa shape index (κ2) is 5.98. The van der Waals surface area contributed by atoms with E-state index in [2.05, 4.69) is 5.32 Å². The normalized spacial score (nSPS) is 11.8. The molecule has 0 radical (unpaired) electrons. The van der Waals surface area contributed by atoms with Crippen molar-refractivity contribution >= 4 is 11.6 Å². The molecule has 0 aliphatic heterocycles. The molecule has 0 saturated carbocycles. The molecule has 0 saturated heterocycles. The van der Waals surface area contributed by atoms with Crippen molar-refractivity contribution in [2.45, 2.75) is 6.10 Å². The van der Waals surface area contributed by atoms with Crippen molar-refractivity contribution in [3.63, 3.8) is 0 Å². The van der Waals surface area contributed by atoms with Gasteiger partial charge < -0.3 is 14.8 Å². The number of nitro groups is 1. The first kappa shape index (κ1) is 13.8. The Balaban J connectivity index is 1.98. The van der Waals surface area contributed by atoms with Gasteiger partial charge in [-0.25, -0.2) is 0 Å². The van der Waals surface area contributed by atoms with E-state index in [9.17, 15) is 20.0 Å². The third-order valence-electron chi connectivity index (χ3n) is 2.65. The number of rotatable bonds is 5. The van der Waals surface area contributed by atoms with Gasteiger partial charge in [0, 0.05) is 17.7 Å². The van der Waals surface area contributed by atoms with Crippen LogP contribution in [0.2, 0.25) is 0 Å². The van der Waals surface area contributed by atoms with Crippen molar-refractivity contribution < 1.29 is 19.2 Å². The van der Waals surface area contributed by atoms with Crippen LogP contribution in [0.15, 0.2) is 47.1 Å². The molecule has 104 valence electrons. The summed E-state index contributed by atoms with van der Waals surface area (Å²) < 4.78 is 4.99. The van der Waals surface area contributed by atoms with E-state index in [1.807, 2.05) is 0 Å². The quantitative estimate of drug-likeness (QED) is 0.638. The predicted octanol–water partition coefficient (Wildman–Crippen LogP) is 1.65. The number of benzene rings is 1. The summed E-state index contributed by atoms with van der Waals surface area (Å²) in [6.07, 6.45) is 0.452. The molecule has 1 unspecified atom stereocenters. The number of carbonyl (C=O) groups excluding carboxylic acids is 1. The van der Waals surface area contributed by atoms with Crippen molar-refractivity contribution in [3.8, 4) is 0 Å². The van der Waals surface area contributed by atoms with Gasteiger partial charge in [0.15, 0.2) is 0 Å². The monoisotopic (exact) mass is 276 g/mol. The van der Waals surface area contributed by atoms with Crippen LogP contribution < -0.4 is 5.32 Å². The molecule has 0 aliphatic rings. The third-order valence-corrected chi connectivity index (χ3v) is 2.65. The highest BCUT2D eigenvalue weighted by molar-refractivity contribution is 5.94. The van der Waals surface area contributed by atoms with E-state index in [1.165, 1.54) is 30.5 Å². The minimum absolute atomic E-state index is 0.0466. The highest BCUT2D eigenvalue weighted by atomic mass is 16.6. The van der Waals surface area contributed by atoms with E-state index in [0.29, 0.717) is 5.76 Å². The Labute approximate surface area is 114 Å². The van der Waals surface area contributed by atoms with E-state index in [1.54, 1.807) is 12.1 Å².